The molecule has 2 rings (SSSR count). The predicted octanol–water partition coefficient (Wildman–Crippen LogP) is 1.74. The second kappa shape index (κ2) is 5.75. The third-order valence-electron chi connectivity index (χ3n) is 5.44. The van der Waals surface area contributed by atoms with Gasteiger partial charge >= 0.3 is 5.97 Å². The second-order valence-electron chi connectivity index (χ2n) is 6.79. The highest BCUT2D eigenvalue weighted by Crippen LogP contribution is 2.45. The first-order valence-electron chi connectivity index (χ1n) is 7.56. The van der Waals surface area contributed by atoms with Crippen molar-refractivity contribution in [3.05, 3.63) is 11.6 Å². The van der Waals surface area contributed by atoms with Gasteiger partial charge in [0, 0.05) is 13.1 Å². The number of nitrogens with one attached hydrogen (secondary N) is 1. The topological polar surface area (TPSA) is 80.0 Å². The van der Waals surface area contributed by atoms with E-state index in [1.807, 2.05) is 18.5 Å². The van der Waals surface area contributed by atoms with Crippen molar-refractivity contribution in [3.63, 3.8) is 0 Å². The number of nitrogens with zero attached hydrogens (tertiary/aromatic N) is 3. The molecule has 1 aliphatic rings. The van der Waals surface area contributed by atoms with Crippen LogP contribution >= 0.6 is 0 Å². The zero-order chi connectivity index (χ0) is 15.8. The first-order valence-corrected chi connectivity index (χ1v) is 7.56. The summed E-state index contributed by atoms with van der Waals surface area (Å²) >= 11 is 0. The van der Waals surface area contributed by atoms with Gasteiger partial charge in [0.15, 0.2) is 0 Å². The molecule has 6 nitrogen and oxygen atoms in total. The quantitative estimate of drug-likeness (QED) is 0.884. The van der Waals surface area contributed by atoms with E-state index >= 15 is 0 Å². The predicted molar refractivity (Wildman–Crippen MR) is 79.7 cm³/mol. The maximum Gasteiger partial charge on any atom is 0.307 e. The Morgan fingerprint density at radius 3 is 2.62 bits per heavy atom. The summed E-state index contributed by atoms with van der Waals surface area (Å²) in [5.41, 5.74) is -0.211. The summed E-state index contributed by atoms with van der Waals surface area (Å²) in [6.07, 6.45) is 1.61. The molecule has 3 atom stereocenters. The van der Waals surface area contributed by atoms with Gasteiger partial charge in [0.05, 0.1) is 12.5 Å². The van der Waals surface area contributed by atoms with Crippen LogP contribution in [0.4, 0.5) is 0 Å². The Kier molecular flexibility index (Phi) is 4.37. The first kappa shape index (κ1) is 15.9. The molecule has 1 aliphatic carbocycles. The SMILES string of the molecule is Cc1nnc(CNC2CCC(C(=O)O)C(C)(C)C2C)n1C. The lowest BCUT2D eigenvalue weighted by Crippen LogP contribution is -2.51. The Hall–Kier alpha value is -1.43. The van der Waals surface area contributed by atoms with Gasteiger partial charge in [-0.1, -0.05) is 20.8 Å². The maximum absolute atomic E-state index is 11.4. The second-order valence-corrected chi connectivity index (χ2v) is 6.79. The minimum atomic E-state index is -0.672. The van der Waals surface area contributed by atoms with Crippen LogP contribution in [0.25, 0.3) is 0 Å². The van der Waals surface area contributed by atoms with Crippen molar-refractivity contribution in [2.75, 3.05) is 0 Å². The number of aliphatic carboxylic acids is 1. The average Bonchev–Trinajstić information content (AvgIpc) is 2.71. The summed E-state index contributed by atoms with van der Waals surface area (Å²) in [7, 11) is 1.96. The highest BCUT2D eigenvalue weighted by atomic mass is 16.4. The summed E-state index contributed by atoms with van der Waals surface area (Å²) in [5.74, 6) is 1.17. The molecule has 118 valence electrons. The van der Waals surface area contributed by atoms with E-state index < -0.39 is 5.97 Å². The molecule has 21 heavy (non-hydrogen) atoms. The van der Waals surface area contributed by atoms with Crippen molar-refractivity contribution < 1.29 is 9.90 Å². The molecule has 2 N–H and O–H groups in total. The van der Waals surface area contributed by atoms with Gasteiger partial charge in [-0.25, -0.2) is 0 Å². The van der Waals surface area contributed by atoms with E-state index in [1.165, 1.54) is 0 Å². The lowest BCUT2D eigenvalue weighted by molar-refractivity contribution is -0.150. The molecule has 0 aromatic carbocycles. The third kappa shape index (κ3) is 2.95. The van der Waals surface area contributed by atoms with Crippen molar-refractivity contribution in [2.45, 2.75) is 53.1 Å². The van der Waals surface area contributed by atoms with E-state index in [0.717, 1.165) is 24.5 Å². The largest absolute Gasteiger partial charge is 0.481 e. The van der Waals surface area contributed by atoms with Gasteiger partial charge in [0.25, 0.3) is 0 Å². The summed E-state index contributed by atoms with van der Waals surface area (Å²) in [4.78, 5) is 11.4. The molecule has 1 aromatic rings. The summed E-state index contributed by atoms with van der Waals surface area (Å²) < 4.78 is 1.98. The van der Waals surface area contributed by atoms with Crippen LogP contribution in [-0.4, -0.2) is 31.9 Å². The smallest absolute Gasteiger partial charge is 0.307 e. The standard InChI is InChI=1S/C15H26N4O2/c1-9-12(7-6-11(14(20)21)15(9,3)4)16-8-13-18-17-10(2)19(13)5/h9,11-12,16H,6-8H2,1-5H3,(H,20,21). The molecular formula is C15H26N4O2. The first-order chi connectivity index (χ1) is 9.75. The lowest BCUT2D eigenvalue weighted by atomic mass is 9.61. The van der Waals surface area contributed by atoms with Gasteiger partial charge in [0.2, 0.25) is 0 Å². The van der Waals surface area contributed by atoms with Crippen LogP contribution in [-0.2, 0) is 18.4 Å². The fourth-order valence-corrected chi connectivity index (χ4v) is 3.35. The summed E-state index contributed by atoms with van der Waals surface area (Å²) in [6, 6.07) is 0.313. The molecule has 6 heteroatoms. The lowest BCUT2D eigenvalue weighted by Gasteiger charge is -2.46. The Labute approximate surface area is 126 Å². The van der Waals surface area contributed by atoms with E-state index in [1.54, 1.807) is 0 Å². The van der Waals surface area contributed by atoms with Crippen LogP contribution < -0.4 is 5.32 Å². The molecule has 1 saturated carbocycles. The molecular weight excluding hydrogens is 268 g/mol. The molecule has 1 heterocycles. The number of carboxylic acids is 1. The van der Waals surface area contributed by atoms with Crippen molar-refractivity contribution in [1.82, 2.24) is 20.1 Å². The van der Waals surface area contributed by atoms with Crippen LogP contribution in [0.5, 0.6) is 0 Å². The zero-order valence-electron chi connectivity index (χ0n) is 13.6. The fourth-order valence-electron chi connectivity index (χ4n) is 3.35. The maximum atomic E-state index is 11.4. The molecule has 3 unspecified atom stereocenters. The van der Waals surface area contributed by atoms with Crippen LogP contribution in [0.2, 0.25) is 0 Å². The Bertz CT molecular complexity index is 524. The molecule has 0 radical (unpaired) electrons. The zero-order valence-corrected chi connectivity index (χ0v) is 13.6. The van der Waals surface area contributed by atoms with Crippen LogP contribution in [0.3, 0.4) is 0 Å². The van der Waals surface area contributed by atoms with Crippen molar-refractivity contribution in [2.24, 2.45) is 24.3 Å². The molecule has 0 saturated heterocycles. The third-order valence-corrected chi connectivity index (χ3v) is 5.44. The highest BCUT2D eigenvalue weighted by Gasteiger charge is 2.46. The summed E-state index contributed by atoms with van der Waals surface area (Å²) in [6.45, 7) is 8.88. The van der Waals surface area contributed by atoms with E-state index in [-0.39, 0.29) is 11.3 Å². The van der Waals surface area contributed by atoms with Crippen molar-refractivity contribution in [3.8, 4) is 0 Å². The average molecular weight is 294 g/mol. The molecule has 1 aromatic heterocycles. The molecule has 0 amide bonds. The highest BCUT2D eigenvalue weighted by molar-refractivity contribution is 5.71. The fraction of sp³-hybridized carbons (Fsp3) is 0.800. The van der Waals surface area contributed by atoms with Crippen molar-refractivity contribution in [1.29, 1.82) is 0 Å². The number of carbonyl (C=O) groups is 1. The summed E-state index contributed by atoms with van der Waals surface area (Å²) in [5, 5.41) is 21.1. The van der Waals surface area contributed by atoms with Gasteiger partial charge in [-0.3, -0.25) is 4.79 Å². The van der Waals surface area contributed by atoms with Gasteiger partial charge in [-0.15, -0.1) is 10.2 Å². The number of rotatable bonds is 4. The Morgan fingerprint density at radius 1 is 1.43 bits per heavy atom. The number of aryl methyl sites for hydroxylation is 1. The van der Waals surface area contributed by atoms with E-state index in [2.05, 4.69) is 36.3 Å². The van der Waals surface area contributed by atoms with Crippen LogP contribution in [0.1, 0.15) is 45.3 Å². The minimum Gasteiger partial charge on any atom is -0.481 e. The molecule has 0 aliphatic heterocycles. The van der Waals surface area contributed by atoms with Crippen LogP contribution in [0.15, 0.2) is 0 Å². The Balaban J connectivity index is 2.02. The van der Waals surface area contributed by atoms with Crippen molar-refractivity contribution >= 4 is 5.97 Å². The van der Waals surface area contributed by atoms with E-state index in [9.17, 15) is 9.90 Å². The normalized spacial score (nSPS) is 28.5. The molecule has 1 fully saturated rings. The van der Waals surface area contributed by atoms with E-state index in [4.69, 9.17) is 0 Å². The number of hydrogen-bond donors (Lipinski definition) is 2. The van der Waals surface area contributed by atoms with Crippen LogP contribution in [0, 0.1) is 24.2 Å². The van der Waals surface area contributed by atoms with E-state index in [0.29, 0.717) is 18.5 Å². The van der Waals surface area contributed by atoms with Gasteiger partial charge in [-0.05, 0) is 31.1 Å². The number of aromatic nitrogens is 3. The Morgan fingerprint density at radius 2 is 2.10 bits per heavy atom. The van der Waals surface area contributed by atoms with Gasteiger partial charge in [-0.2, -0.15) is 0 Å². The van der Waals surface area contributed by atoms with Gasteiger partial charge in [0.1, 0.15) is 11.6 Å². The number of carboxylic acid groups (broad SMARTS) is 1. The minimum absolute atomic E-state index is 0.211. The van der Waals surface area contributed by atoms with Gasteiger partial charge < -0.3 is 15.0 Å². The molecule has 0 spiro atoms. The monoisotopic (exact) mass is 294 g/mol. The molecule has 0 bridgehead atoms. The number of hydrogen-bond acceptors (Lipinski definition) is 4.